The number of halogens is 3. The molecule has 1 saturated heterocycles. The predicted octanol–water partition coefficient (Wildman–Crippen LogP) is 2.51. The number of benzene rings is 1. The fourth-order valence-electron chi connectivity index (χ4n) is 3.34. The number of piperazine rings is 1. The van der Waals surface area contributed by atoms with Crippen molar-refractivity contribution in [2.45, 2.75) is 32.6 Å². The summed E-state index contributed by atoms with van der Waals surface area (Å²) in [4.78, 5) is 12.5. The molecular weight excluding hydrogens is 411 g/mol. The van der Waals surface area contributed by atoms with E-state index in [1.54, 1.807) is 7.11 Å². The van der Waals surface area contributed by atoms with Crippen LogP contribution in [0.3, 0.4) is 0 Å². The van der Waals surface area contributed by atoms with Gasteiger partial charge in [0.1, 0.15) is 24.2 Å². The maximum Gasteiger partial charge on any atom is 0.403 e. The van der Waals surface area contributed by atoms with Crippen molar-refractivity contribution in [1.29, 1.82) is 0 Å². The smallest absolute Gasteiger partial charge is 0.403 e. The largest absolute Gasteiger partial charge is 0.497 e. The molecule has 2 aromatic rings. The third-order valence-corrected chi connectivity index (χ3v) is 5.23. The molecule has 1 fully saturated rings. The Hall–Kier alpha value is -2.82. The van der Waals surface area contributed by atoms with E-state index in [0.717, 1.165) is 11.3 Å². The summed E-state index contributed by atoms with van der Waals surface area (Å²) in [7, 11) is 1.61. The van der Waals surface area contributed by atoms with Crippen LogP contribution in [0.5, 0.6) is 5.75 Å². The molecule has 170 valence electrons. The summed E-state index contributed by atoms with van der Waals surface area (Å²) < 4.78 is 44.1. The first-order valence-corrected chi connectivity index (χ1v) is 10.2. The molecule has 1 aromatic carbocycles. The third kappa shape index (κ3) is 5.87. The van der Waals surface area contributed by atoms with Crippen LogP contribution in [-0.2, 0) is 6.54 Å². The van der Waals surface area contributed by atoms with Crippen LogP contribution < -0.4 is 10.1 Å². The summed E-state index contributed by atoms with van der Waals surface area (Å²) in [6, 6.07) is 5.99. The van der Waals surface area contributed by atoms with Crippen molar-refractivity contribution in [1.82, 2.24) is 30.3 Å². The van der Waals surface area contributed by atoms with E-state index in [2.05, 4.69) is 25.5 Å². The minimum absolute atomic E-state index is 0.282. The molecule has 2 N–H and O–H groups in total. The molecule has 2 heterocycles. The number of hydrogen-bond acceptors (Lipinski definition) is 5. The Bertz CT molecular complexity index is 858. The van der Waals surface area contributed by atoms with Crippen LogP contribution in [0.4, 0.5) is 13.2 Å². The molecule has 1 aliphatic rings. The van der Waals surface area contributed by atoms with Gasteiger partial charge in [-0.05, 0) is 38.1 Å². The van der Waals surface area contributed by atoms with Crippen molar-refractivity contribution in [3.8, 4) is 17.1 Å². The number of aromatic amines is 1. The summed E-state index contributed by atoms with van der Waals surface area (Å²) in [6.07, 6.45) is -4.21. The van der Waals surface area contributed by atoms with Gasteiger partial charge >= 0.3 is 6.18 Å². The Kier molecular flexibility index (Phi) is 7.37. The highest BCUT2D eigenvalue weighted by Crippen LogP contribution is 2.25. The van der Waals surface area contributed by atoms with Crippen LogP contribution in [-0.4, -0.2) is 83.0 Å². The fraction of sp³-hybridized carbons (Fsp3) is 0.550. The second-order valence-electron chi connectivity index (χ2n) is 7.24. The van der Waals surface area contributed by atoms with E-state index in [0.29, 0.717) is 50.3 Å². The van der Waals surface area contributed by atoms with Crippen LogP contribution in [0.2, 0.25) is 0 Å². The highest BCUT2D eigenvalue weighted by Gasteiger charge is 2.41. The number of guanidine groups is 1. The van der Waals surface area contributed by atoms with Crippen molar-refractivity contribution in [2.24, 2.45) is 4.99 Å². The molecule has 0 amide bonds. The minimum atomic E-state index is -4.21. The summed E-state index contributed by atoms with van der Waals surface area (Å²) in [5.74, 6) is 2.58. The number of nitrogens with zero attached hydrogens (tertiary/aromatic N) is 5. The average molecular weight is 439 g/mol. The quantitative estimate of drug-likeness (QED) is 0.532. The molecular formula is C20H28F3N7O. The molecule has 0 radical (unpaired) electrons. The number of aliphatic imine (C=N–C) groups is 1. The zero-order chi connectivity index (χ0) is 22.4. The van der Waals surface area contributed by atoms with Gasteiger partial charge in [0.15, 0.2) is 11.8 Å². The lowest BCUT2D eigenvalue weighted by molar-refractivity contribution is -0.181. The van der Waals surface area contributed by atoms with E-state index in [4.69, 9.17) is 4.74 Å². The van der Waals surface area contributed by atoms with Crippen molar-refractivity contribution in [3.05, 3.63) is 30.1 Å². The molecule has 1 unspecified atom stereocenters. The molecule has 0 spiro atoms. The zero-order valence-corrected chi connectivity index (χ0v) is 17.9. The normalized spacial score (nSPS) is 17.0. The Morgan fingerprint density at radius 2 is 1.90 bits per heavy atom. The number of nitrogens with one attached hydrogen (secondary N) is 2. The highest BCUT2D eigenvalue weighted by molar-refractivity contribution is 5.80. The number of H-pyrrole nitrogens is 1. The average Bonchev–Trinajstić information content (AvgIpc) is 3.25. The monoisotopic (exact) mass is 439 g/mol. The second-order valence-corrected chi connectivity index (χ2v) is 7.24. The van der Waals surface area contributed by atoms with E-state index in [9.17, 15) is 13.2 Å². The van der Waals surface area contributed by atoms with E-state index in [1.165, 1.54) is 11.8 Å². The standard InChI is InChI=1S/C20H28F3N7O/c1-4-24-19(30-11-9-29(10-12-30)14(2)20(21,22)23)25-13-17-26-18(28-27-17)15-5-7-16(31-3)8-6-15/h5-8,14H,4,9-13H2,1-3H3,(H,24,25)(H,26,27,28). The van der Waals surface area contributed by atoms with Gasteiger partial charge in [0.2, 0.25) is 0 Å². The molecule has 0 saturated carbocycles. The van der Waals surface area contributed by atoms with Crippen LogP contribution in [0.25, 0.3) is 11.4 Å². The van der Waals surface area contributed by atoms with Crippen LogP contribution in [0.1, 0.15) is 19.7 Å². The zero-order valence-electron chi connectivity index (χ0n) is 17.9. The van der Waals surface area contributed by atoms with E-state index in [-0.39, 0.29) is 6.54 Å². The predicted molar refractivity (Wildman–Crippen MR) is 112 cm³/mol. The van der Waals surface area contributed by atoms with Gasteiger partial charge in [-0.3, -0.25) is 10.00 Å². The Labute approximate surface area is 179 Å². The number of aromatic nitrogens is 3. The lowest BCUT2D eigenvalue weighted by Gasteiger charge is -2.39. The molecule has 31 heavy (non-hydrogen) atoms. The first-order chi connectivity index (χ1) is 14.8. The van der Waals surface area contributed by atoms with Crippen molar-refractivity contribution >= 4 is 5.96 Å². The van der Waals surface area contributed by atoms with Gasteiger partial charge in [0, 0.05) is 38.3 Å². The minimum Gasteiger partial charge on any atom is -0.497 e. The Balaban J connectivity index is 1.62. The lowest BCUT2D eigenvalue weighted by Crippen LogP contribution is -2.56. The van der Waals surface area contributed by atoms with Gasteiger partial charge in [-0.2, -0.15) is 18.3 Å². The molecule has 1 aliphatic heterocycles. The lowest BCUT2D eigenvalue weighted by atomic mass is 10.2. The van der Waals surface area contributed by atoms with E-state index >= 15 is 0 Å². The molecule has 8 nitrogen and oxygen atoms in total. The van der Waals surface area contributed by atoms with Gasteiger partial charge in [0.05, 0.1) is 7.11 Å². The first kappa shape index (κ1) is 22.9. The molecule has 0 aliphatic carbocycles. The van der Waals surface area contributed by atoms with Crippen LogP contribution in [0.15, 0.2) is 29.3 Å². The molecule has 1 atom stereocenters. The number of hydrogen-bond donors (Lipinski definition) is 2. The third-order valence-electron chi connectivity index (χ3n) is 5.23. The second kappa shape index (κ2) is 9.99. The Morgan fingerprint density at radius 1 is 1.23 bits per heavy atom. The van der Waals surface area contributed by atoms with Gasteiger partial charge in [-0.25, -0.2) is 9.98 Å². The number of rotatable bonds is 6. The van der Waals surface area contributed by atoms with Gasteiger partial charge in [0.25, 0.3) is 0 Å². The van der Waals surface area contributed by atoms with Crippen molar-refractivity contribution in [2.75, 3.05) is 39.8 Å². The molecule has 0 bridgehead atoms. The van der Waals surface area contributed by atoms with Gasteiger partial charge < -0.3 is 15.0 Å². The number of alkyl halides is 3. The number of ether oxygens (including phenoxy) is 1. The molecule has 11 heteroatoms. The van der Waals surface area contributed by atoms with Crippen molar-refractivity contribution < 1.29 is 17.9 Å². The first-order valence-electron chi connectivity index (χ1n) is 10.2. The van der Waals surface area contributed by atoms with Gasteiger partial charge in [-0.1, -0.05) is 0 Å². The topological polar surface area (TPSA) is 81.7 Å². The SMILES string of the molecule is CCNC(=NCc1nc(-c2ccc(OC)cc2)n[nH]1)N1CCN(C(C)C(F)(F)F)CC1. The summed E-state index contributed by atoms with van der Waals surface area (Å²) >= 11 is 0. The van der Waals surface area contributed by atoms with Crippen LogP contribution >= 0.6 is 0 Å². The van der Waals surface area contributed by atoms with E-state index in [1.807, 2.05) is 36.1 Å². The Morgan fingerprint density at radius 3 is 2.48 bits per heavy atom. The fourth-order valence-corrected chi connectivity index (χ4v) is 3.34. The molecule has 3 rings (SSSR count). The van der Waals surface area contributed by atoms with Crippen LogP contribution in [0, 0.1) is 0 Å². The van der Waals surface area contributed by atoms with E-state index < -0.39 is 12.2 Å². The maximum atomic E-state index is 13.0. The van der Waals surface area contributed by atoms with Gasteiger partial charge in [-0.15, -0.1) is 0 Å². The summed E-state index contributed by atoms with van der Waals surface area (Å²) in [5, 5.41) is 10.3. The highest BCUT2D eigenvalue weighted by atomic mass is 19.4. The maximum absolute atomic E-state index is 13.0. The summed E-state index contributed by atoms with van der Waals surface area (Å²) in [6.45, 7) is 5.70. The molecule has 1 aromatic heterocycles. The summed E-state index contributed by atoms with van der Waals surface area (Å²) in [5.41, 5.74) is 0.856. The van der Waals surface area contributed by atoms with Crippen molar-refractivity contribution in [3.63, 3.8) is 0 Å². The number of methoxy groups -OCH3 is 1.